The molecule has 0 aliphatic heterocycles. The Bertz CT molecular complexity index is 1180. The molecule has 6 heteroatoms. The van der Waals surface area contributed by atoms with E-state index in [9.17, 15) is 14.9 Å². The third-order valence-electron chi connectivity index (χ3n) is 4.48. The molecule has 6 nitrogen and oxygen atoms in total. The van der Waals surface area contributed by atoms with E-state index in [2.05, 4.69) is 5.32 Å². The van der Waals surface area contributed by atoms with Gasteiger partial charge in [-0.1, -0.05) is 18.2 Å². The van der Waals surface area contributed by atoms with Crippen LogP contribution in [0.25, 0.3) is 17.4 Å². The second-order valence-electron chi connectivity index (χ2n) is 6.72. The number of rotatable bonds is 5. The summed E-state index contributed by atoms with van der Waals surface area (Å²) >= 11 is 0. The Kier molecular flexibility index (Phi) is 6.14. The van der Waals surface area contributed by atoms with Gasteiger partial charge in [-0.05, 0) is 61.4 Å². The van der Waals surface area contributed by atoms with Crippen LogP contribution in [0.3, 0.4) is 0 Å². The SMILES string of the molecule is COC(=O)c1ccc(C)c(-c2ccc(/C=C(/C#N)C(=O)Nc3cccc(C)c3)o2)c1. The van der Waals surface area contributed by atoms with E-state index < -0.39 is 11.9 Å². The number of hydrogen-bond acceptors (Lipinski definition) is 5. The van der Waals surface area contributed by atoms with Gasteiger partial charge in [-0.2, -0.15) is 5.26 Å². The number of carbonyl (C=O) groups excluding carboxylic acids is 2. The van der Waals surface area contributed by atoms with Gasteiger partial charge in [0.1, 0.15) is 23.2 Å². The highest BCUT2D eigenvalue weighted by Crippen LogP contribution is 2.28. The van der Waals surface area contributed by atoms with E-state index in [0.717, 1.165) is 16.7 Å². The number of carbonyl (C=O) groups is 2. The van der Waals surface area contributed by atoms with Crippen molar-refractivity contribution in [1.82, 2.24) is 0 Å². The molecule has 1 aromatic heterocycles. The summed E-state index contributed by atoms with van der Waals surface area (Å²) in [5.41, 5.74) is 3.55. The minimum atomic E-state index is -0.523. The number of hydrogen-bond donors (Lipinski definition) is 1. The van der Waals surface area contributed by atoms with Crippen LogP contribution in [-0.2, 0) is 9.53 Å². The second-order valence-corrected chi connectivity index (χ2v) is 6.72. The fourth-order valence-electron chi connectivity index (χ4n) is 2.92. The van der Waals surface area contributed by atoms with E-state index >= 15 is 0 Å². The van der Waals surface area contributed by atoms with Gasteiger partial charge in [0.05, 0.1) is 12.7 Å². The number of benzene rings is 2. The Morgan fingerprint density at radius 1 is 1.10 bits per heavy atom. The molecule has 3 rings (SSSR count). The molecule has 1 heterocycles. The lowest BCUT2D eigenvalue weighted by Crippen LogP contribution is -2.13. The topological polar surface area (TPSA) is 92.3 Å². The first kappa shape index (κ1) is 20.6. The molecule has 0 aliphatic rings. The van der Waals surface area contributed by atoms with Gasteiger partial charge < -0.3 is 14.5 Å². The molecule has 0 radical (unpaired) electrons. The van der Waals surface area contributed by atoms with Gasteiger partial charge in [-0.3, -0.25) is 4.79 Å². The average molecular weight is 400 g/mol. The lowest BCUT2D eigenvalue weighted by atomic mass is 10.0. The first-order valence-electron chi connectivity index (χ1n) is 9.20. The van der Waals surface area contributed by atoms with E-state index in [1.165, 1.54) is 13.2 Å². The van der Waals surface area contributed by atoms with Crippen molar-refractivity contribution in [1.29, 1.82) is 5.26 Å². The number of amides is 1. The molecule has 0 fully saturated rings. The largest absolute Gasteiger partial charge is 0.465 e. The van der Waals surface area contributed by atoms with E-state index in [4.69, 9.17) is 9.15 Å². The second kappa shape index (κ2) is 8.93. The molecule has 0 unspecified atom stereocenters. The molecule has 150 valence electrons. The maximum atomic E-state index is 12.4. The predicted octanol–water partition coefficient (Wildman–Crippen LogP) is 4.90. The van der Waals surface area contributed by atoms with Gasteiger partial charge in [-0.15, -0.1) is 0 Å². The van der Waals surface area contributed by atoms with Crippen LogP contribution < -0.4 is 5.32 Å². The highest BCUT2D eigenvalue weighted by molar-refractivity contribution is 6.09. The number of methoxy groups -OCH3 is 1. The van der Waals surface area contributed by atoms with E-state index in [-0.39, 0.29) is 5.57 Å². The Hall–Kier alpha value is -4.11. The van der Waals surface area contributed by atoms with Gasteiger partial charge in [0, 0.05) is 17.3 Å². The van der Waals surface area contributed by atoms with Crippen LogP contribution in [0.1, 0.15) is 27.2 Å². The third kappa shape index (κ3) is 4.65. The number of nitrogens with zero attached hydrogens (tertiary/aromatic N) is 1. The highest BCUT2D eigenvalue weighted by Gasteiger charge is 2.14. The average Bonchev–Trinajstić information content (AvgIpc) is 3.20. The van der Waals surface area contributed by atoms with Crippen molar-refractivity contribution in [3.05, 3.63) is 82.6 Å². The number of esters is 1. The zero-order chi connectivity index (χ0) is 21.7. The summed E-state index contributed by atoms with van der Waals surface area (Å²) in [5.74, 6) is -0.0999. The Morgan fingerprint density at radius 3 is 2.60 bits per heavy atom. The zero-order valence-corrected chi connectivity index (χ0v) is 16.9. The van der Waals surface area contributed by atoms with Gasteiger partial charge in [0.15, 0.2) is 0 Å². The molecule has 0 bridgehead atoms. The van der Waals surface area contributed by atoms with Crippen molar-refractivity contribution in [2.75, 3.05) is 12.4 Å². The fraction of sp³-hybridized carbons (Fsp3) is 0.125. The smallest absolute Gasteiger partial charge is 0.337 e. The molecule has 3 aromatic rings. The Morgan fingerprint density at radius 2 is 1.90 bits per heavy atom. The van der Waals surface area contributed by atoms with Gasteiger partial charge >= 0.3 is 5.97 Å². The molecule has 2 aromatic carbocycles. The minimum Gasteiger partial charge on any atom is -0.465 e. The summed E-state index contributed by atoms with van der Waals surface area (Å²) in [6, 6.07) is 17.8. The van der Waals surface area contributed by atoms with Crippen LogP contribution >= 0.6 is 0 Å². The number of ether oxygens (including phenoxy) is 1. The number of furan rings is 1. The standard InChI is InChI=1S/C24H20N2O4/c1-15-5-4-6-19(11-15)26-23(27)18(14-25)12-20-9-10-22(30-20)21-13-17(24(28)29-3)8-7-16(21)2/h4-13H,1-3H3,(H,26,27)/b18-12-. The summed E-state index contributed by atoms with van der Waals surface area (Å²) < 4.78 is 10.6. The lowest BCUT2D eigenvalue weighted by molar-refractivity contribution is -0.112. The predicted molar refractivity (Wildman–Crippen MR) is 114 cm³/mol. The summed E-state index contributed by atoms with van der Waals surface area (Å²) in [7, 11) is 1.32. The third-order valence-corrected chi connectivity index (χ3v) is 4.48. The lowest BCUT2D eigenvalue weighted by Gasteiger charge is -2.06. The van der Waals surface area contributed by atoms with E-state index in [1.807, 2.05) is 38.1 Å². The van der Waals surface area contributed by atoms with Crippen molar-refractivity contribution >= 4 is 23.6 Å². The molecule has 0 saturated heterocycles. The monoisotopic (exact) mass is 400 g/mol. The molecule has 0 atom stereocenters. The number of anilines is 1. The van der Waals surface area contributed by atoms with Crippen LogP contribution in [0.15, 0.2) is 64.6 Å². The van der Waals surface area contributed by atoms with Crippen molar-refractivity contribution in [3.8, 4) is 17.4 Å². The maximum Gasteiger partial charge on any atom is 0.337 e. The minimum absolute atomic E-state index is 0.0857. The van der Waals surface area contributed by atoms with E-state index in [0.29, 0.717) is 22.8 Å². The van der Waals surface area contributed by atoms with Crippen LogP contribution in [0, 0.1) is 25.2 Å². The Balaban J connectivity index is 1.86. The van der Waals surface area contributed by atoms with Crippen molar-refractivity contribution in [2.24, 2.45) is 0 Å². The number of nitriles is 1. The Labute approximate surface area is 174 Å². The molecule has 0 aliphatic carbocycles. The number of aryl methyl sites for hydroxylation is 2. The van der Waals surface area contributed by atoms with Crippen LogP contribution in [0.5, 0.6) is 0 Å². The molecule has 0 spiro atoms. The molecule has 0 saturated carbocycles. The van der Waals surface area contributed by atoms with Crippen LogP contribution in [0.2, 0.25) is 0 Å². The molecule has 1 amide bonds. The van der Waals surface area contributed by atoms with Crippen molar-refractivity contribution in [3.63, 3.8) is 0 Å². The van der Waals surface area contributed by atoms with Crippen LogP contribution in [0.4, 0.5) is 5.69 Å². The number of nitrogens with one attached hydrogen (secondary N) is 1. The van der Waals surface area contributed by atoms with Crippen LogP contribution in [-0.4, -0.2) is 19.0 Å². The molecule has 1 N–H and O–H groups in total. The van der Waals surface area contributed by atoms with Gasteiger partial charge in [0.2, 0.25) is 0 Å². The molecular weight excluding hydrogens is 380 g/mol. The summed E-state index contributed by atoms with van der Waals surface area (Å²) in [5, 5.41) is 12.1. The summed E-state index contributed by atoms with van der Waals surface area (Å²) in [6.45, 7) is 3.81. The highest BCUT2D eigenvalue weighted by atomic mass is 16.5. The summed E-state index contributed by atoms with van der Waals surface area (Å²) in [6.07, 6.45) is 1.38. The van der Waals surface area contributed by atoms with Gasteiger partial charge in [-0.25, -0.2) is 4.79 Å². The zero-order valence-electron chi connectivity index (χ0n) is 16.9. The fourth-order valence-corrected chi connectivity index (χ4v) is 2.92. The first-order chi connectivity index (χ1) is 14.4. The molecular formula is C24H20N2O4. The van der Waals surface area contributed by atoms with Gasteiger partial charge in [0.25, 0.3) is 5.91 Å². The normalized spacial score (nSPS) is 10.9. The maximum absolute atomic E-state index is 12.4. The van der Waals surface area contributed by atoms with Crippen molar-refractivity contribution in [2.45, 2.75) is 13.8 Å². The quantitative estimate of drug-likeness (QED) is 0.374. The summed E-state index contributed by atoms with van der Waals surface area (Å²) in [4.78, 5) is 24.2. The first-order valence-corrected chi connectivity index (χ1v) is 9.20. The molecule has 30 heavy (non-hydrogen) atoms. The van der Waals surface area contributed by atoms with Crippen molar-refractivity contribution < 1.29 is 18.7 Å². The van der Waals surface area contributed by atoms with E-state index in [1.54, 1.807) is 36.4 Å².